The third kappa shape index (κ3) is 3.77. The lowest BCUT2D eigenvalue weighted by Gasteiger charge is -2.50. The molecule has 1 aliphatic heterocycles. The maximum atomic E-state index is 12.8. The van der Waals surface area contributed by atoms with Crippen molar-refractivity contribution in [2.75, 3.05) is 13.6 Å². The van der Waals surface area contributed by atoms with Gasteiger partial charge in [-0.1, -0.05) is 49.4 Å². The Balaban J connectivity index is 1.46. The number of carbonyl (C=O) groups excluding carboxylic acids is 1. The Morgan fingerprint density at radius 1 is 1.34 bits per heavy atom. The third-order valence-corrected chi connectivity index (χ3v) is 8.10. The predicted molar refractivity (Wildman–Crippen MR) is 114 cm³/mol. The van der Waals surface area contributed by atoms with Crippen LogP contribution in [0.2, 0.25) is 0 Å². The van der Waals surface area contributed by atoms with Gasteiger partial charge in [0.1, 0.15) is 6.10 Å². The van der Waals surface area contributed by atoms with E-state index in [0.29, 0.717) is 12.5 Å². The molecule has 4 rings (SSSR count). The highest BCUT2D eigenvalue weighted by Crippen LogP contribution is 2.57. The number of nitrogens with zero attached hydrogens (tertiary/aromatic N) is 1. The van der Waals surface area contributed by atoms with Crippen molar-refractivity contribution in [1.82, 2.24) is 4.90 Å². The first-order chi connectivity index (χ1) is 13.8. The Bertz CT molecular complexity index is 763. The zero-order chi connectivity index (χ0) is 20.8. The second-order valence-corrected chi connectivity index (χ2v) is 9.94. The molecule has 2 saturated carbocycles. The van der Waals surface area contributed by atoms with E-state index in [-0.39, 0.29) is 35.4 Å². The van der Waals surface area contributed by atoms with Gasteiger partial charge in [-0.2, -0.15) is 0 Å². The first kappa shape index (κ1) is 20.6. The normalized spacial score (nSPS) is 36.3. The number of hydrogen-bond donors (Lipinski definition) is 1. The van der Waals surface area contributed by atoms with E-state index in [1.54, 1.807) is 0 Å². The van der Waals surface area contributed by atoms with Gasteiger partial charge in [0.15, 0.2) is 0 Å². The van der Waals surface area contributed by atoms with Crippen molar-refractivity contribution in [3.05, 3.63) is 48.0 Å². The number of benzene rings is 1. The molecule has 1 aromatic rings. The summed E-state index contributed by atoms with van der Waals surface area (Å²) in [6.07, 6.45) is 4.98. The number of fused-ring (bicyclic) bond motifs is 2. The summed E-state index contributed by atoms with van der Waals surface area (Å²) in [5.74, 6) is 0.599. The quantitative estimate of drug-likeness (QED) is 0.593. The van der Waals surface area contributed by atoms with Crippen LogP contribution in [-0.4, -0.2) is 41.7 Å². The van der Waals surface area contributed by atoms with Gasteiger partial charge in [0.25, 0.3) is 0 Å². The minimum Gasteiger partial charge on any atom is -0.462 e. The molecule has 0 aromatic heterocycles. The van der Waals surface area contributed by atoms with E-state index >= 15 is 0 Å². The first-order valence-corrected chi connectivity index (χ1v) is 11.1. The molecule has 0 bridgehead atoms. The molecule has 1 heterocycles. The lowest BCUT2D eigenvalue weighted by atomic mass is 9.55. The number of aliphatic hydroxyl groups is 1. The van der Waals surface area contributed by atoms with Crippen molar-refractivity contribution in [2.45, 2.75) is 64.2 Å². The molecule has 4 heteroatoms. The molecule has 3 aliphatic rings. The molecule has 2 aliphatic carbocycles. The molecule has 0 spiro atoms. The molecule has 4 nitrogen and oxygen atoms in total. The van der Waals surface area contributed by atoms with Gasteiger partial charge in [0.05, 0.1) is 12.0 Å². The Hall–Kier alpha value is -1.65. The van der Waals surface area contributed by atoms with E-state index in [1.165, 1.54) is 18.4 Å². The molecule has 1 aromatic carbocycles. The molecular weight excluding hydrogens is 362 g/mol. The van der Waals surface area contributed by atoms with Gasteiger partial charge in [0, 0.05) is 18.5 Å². The summed E-state index contributed by atoms with van der Waals surface area (Å²) in [4.78, 5) is 14.9. The minimum atomic E-state index is -0.581. The molecule has 7 atom stereocenters. The second-order valence-electron chi connectivity index (χ2n) is 9.94. The Morgan fingerprint density at radius 3 is 2.79 bits per heavy atom. The smallest absolute Gasteiger partial charge is 0.310 e. The molecule has 1 saturated heterocycles. The Morgan fingerprint density at radius 2 is 2.07 bits per heavy atom. The fourth-order valence-corrected chi connectivity index (χ4v) is 6.11. The van der Waals surface area contributed by atoms with Gasteiger partial charge in [-0.3, -0.25) is 9.69 Å². The minimum absolute atomic E-state index is 0.0439. The summed E-state index contributed by atoms with van der Waals surface area (Å²) in [7, 11) is 2.00. The largest absolute Gasteiger partial charge is 0.462 e. The van der Waals surface area contributed by atoms with Gasteiger partial charge in [0.2, 0.25) is 0 Å². The molecule has 29 heavy (non-hydrogen) atoms. The SMILES string of the molecule is C=C1CCC[C@@]2(C)C[C@@H]3OC(=O)[C@@H](CN(C)[C@@H](C)[C@@H](O)c4ccccc4)[C@H]3C[C@@H]12. The van der Waals surface area contributed by atoms with E-state index < -0.39 is 6.10 Å². The third-order valence-electron chi connectivity index (χ3n) is 8.10. The van der Waals surface area contributed by atoms with E-state index in [4.69, 9.17) is 4.74 Å². The highest BCUT2D eigenvalue weighted by atomic mass is 16.6. The number of likely N-dealkylation sites (N-methyl/N-ethyl adjacent to an activating group) is 1. The van der Waals surface area contributed by atoms with Gasteiger partial charge in [-0.25, -0.2) is 0 Å². The number of carbonyl (C=O) groups is 1. The summed E-state index contributed by atoms with van der Waals surface area (Å²) in [5.41, 5.74) is 2.51. The fourth-order valence-electron chi connectivity index (χ4n) is 6.11. The van der Waals surface area contributed by atoms with Crippen LogP contribution in [0.15, 0.2) is 42.5 Å². The van der Waals surface area contributed by atoms with Crippen molar-refractivity contribution in [2.24, 2.45) is 23.2 Å². The van der Waals surface area contributed by atoms with Gasteiger partial charge >= 0.3 is 5.97 Å². The predicted octanol–water partition coefficient (Wildman–Crippen LogP) is 4.35. The topological polar surface area (TPSA) is 49.8 Å². The van der Waals surface area contributed by atoms with Crippen LogP contribution in [0.4, 0.5) is 0 Å². The summed E-state index contributed by atoms with van der Waals surface area (Å²) < 4.78 is 5.90. The van der Waals surface area contributed by atoms with Crippen molar-refractivity contribution in [3.8, 4) is 0 Å². The van der Waals surface area contributed by atoms with Crippen LogP contribution in [-0.2, 0) is 9.53 Å². The van der Waals surface area contributed by atoms with Crippen LogP contribution in [0.25, 0.3) is 0 Å². The molecule has 0 unspecified atom stereocenters. The molecular formula is C25H35NO3. The number of aliphatic hydroxyl groups excluding tert-OH is 1. The maximum absolute atomic E-state index is 12.8. The highest BCUT2D eigenvalue weighted by Gasteiger charge is 2.55. The summed E-state index contributed by atoms with van der Waals surface area (Å²) >= 11 is 0. The van der Waals surface area contributed by atoms with Crippen LogP contribution >= 0.6 is 0 Å². The van der Waals surface area contributed by atoms with Crippen molar-refractivity contribution in [3.63, 3.8) is 0 Å². The molecule has 0 radical (unpaired) electrons. The number of ether oxygens (including phenoxy) is 1. The zero-order valence-corrected chi connectivity index (χ0v) is 18.0. The standard InChI is InChI=1S/C25H35NO3/c1-16-9-8-12-25(3)14-22-19(13-21(16)25)20(24(28)29-22)15-26(4)17(2)23(27)18-10-6-5-7-11-18/h5-7,10-11,17,19-23,27H,1,8-9,12-15H2,2-4H3/t17-,19+,20-,21-,22-,23+,25-/m0/s1. The van der Waals surface area contributed by atoms with Crippen LogP contribution in [0.3, 0.4) is 0 Å². The lowest BCUT2D eigenvalue weighted by molar-refractivity contribution is -0.146. The van der Waals surface area contributed by atoms with Crippen molar-refractivity contribution < 1.29 is 14.6 Å². The molecule has 158 valence electrons. The summed E-state index contributed by atoms with van der Waals surface area (Å²) in [6, 6.07) is 9.66. The maximum Gasteiger partial charge on any atom is 0.310 e. The average molecular weight is 398 g/mol. The average Bonchev–Trinajstić information content (AvgIpc) is 2.99. The first-order valence-electron chi connectivity index (χ1n) is 11.1. The van der Waals surface area contributed by atoms with Gasteiger partial charge < -0.3 is 9.84 Å². The Labute approximate surface area is 174 Å². The van der Waals surface area contributed by atoms with Crippen molar-refractivity contribution in [1.29, 1.82) is 0 Å². The van der Waals surface area contributed by atoms with E-state index in [1.807, 2.05) is 44.3 Å². The second kappa shape index (κ2) is 7.88. The monoisotopic (exact) mass is 397 g/mol. The lowest BCUT2D eigenvalue weighted by Crippen LogP contribution is -2.46. The Kier molecular flexibility index (Phi) is 5.60. The van der Waals surface area contributed by atoms with Gasteiger partial charge in [-0.15, -0.1) is 0 Å². The fraction of sp³-hybridized carbons (Fsp3) is 0.640. The molecule has 1 N–H and O–H groups in total. The van der Waals surface area contributed by atoms with Crippen molar-refractivity contribution >= 4 is 5.97 Å². The van der Waals surface area contributed by atoms with Gasteiger partial charge in [-0.05, 0) is 63.0 Å². The number of hydrogen-bond acceptors (Lipinski definition) is 4. The van der Waals surface area contributed by atoms with Crippen LogP contribution in [0.1, 0.15) is 57.6 Å². The number of rotatable bonds is 5. The number of esters is 1. The summed E-state index contributed by atoms with van der Waals surface area (Å²) in [5, 5.41) is 10.8. The van der Waals surface area contributed by atoms with E-state index in [2.05, 4.69) is 18.4 Å². The van der Waals surface area contributed by atoms with Crippen LogP contribution < -0.4 is 0 Å². The zero-order valence-electron chi connectivity index (χ0n) is 18.0. The number of allylic oxidation sites excluding steroid dienone is 1. The van der Waals surface area contributed by atoms with E-state index in [9.17, 15) is 9.90 Å². The van der Waals surface area contributed by atoms with Crippen LogP contribution in [0.5, 0.6) is 0 Å². The molecule has 3 fully saturated rings. The van der Waals surface area contributed by atoms with Crippen LogP contribution in [0, 0.1) is 23.2 Å². The summed E-state index contributed by atoms with van der Waals surface area (Å²) in [6.45, 7) is 9.39. The highest BCUT2D eigenvalue weighted by molar-refractivity contribution is 5.75. The van der Waals surface area contributed by atoms with E-state index in [0.717, 1.165) is 24.8 Å². The molecule has 0 amide bonds.